The van der Waals surface area contributed by atoms with E-state index in [0.717, 1.165) is 84.6 Å². The first-order valence-electron chi connectivity index (χ1n) is 27.7. The maximum Gasteiger partial charge on any atom is 0.173 e. The number of fused-ring (bicyclic) bond motifs is 9. The predicted octanol–water partition coefficient (Wildman–Crippen LogP) is 12.6. The summed E-state index contributed by atoms with van der Waals surface area (Å²) in [7, 11) is -12.1. The summed E-state index contributed by atoms with van der Waals surface area (Å²) >= 11 is 0. The zero-order valence-electron chi connectivity index (χ0n) is 44.5. The van der Waals surface area contributed by atoms with E-state index in [2.05, 4.69) is 85.5 Å². The molecule has 12 atom stereocenters. The second-order valence-corrected chi connectivity index (χ2v) is 54.0. The summed E-state index contributed by atoms with van der Waals surface area (Å²) < 4.78 is 65.6. The highest BCUT2D eigenvalue weighted by molar-refractivity contribution is 6.86. The van der Waals surface area contributed by atoms with Gasteiger partial charge in [0.2, 0.25) is 0 Å². The van der Waals surface area contributed by atoms with Crippen molar-refractivity contribution in [1.29, 1.82) is 0 Å². The maximum absolute atomic E-state index is 7.63. The molecular formula is C51H98O9Si6. The third kappa shape index (κ3) is 10.0. The Morgan fingerprint density at radius 1 is 0.394 bits per heavy atom. The van der Waals surface area contributed by atoms with Gasteiger partial charge in [-0.25, -0.2) is 0 Å². The third-order valence-corrected chi connectivity index (χ3v) is 42.5. The van der Waals surface area contributed by atoms with E-state index in [4.69, 9.17) is 40.8 Å². The summed E-state index contributed by atoms with van der Waals surface area (Å²) in [6, 6.07) is 7.07. The SMILES string of the molecule is CCC(C12CCC3OC3C1COCCC[Si](C)(C)O[Si](C)(C)CC2)(C12CCC3OC3C1COCCC[Si](C)(C)O[Si](C)(C)CC2)C12CCC3OC3C1COCCC[Si](C)(C)O[Si](C)(C)CC2. The van der Waals surface area contributed by atoms with Gasteiger partial charge in [-0.2, -0.15) is 0 Å². The molecule has 66 heavy (non-hydrogen) atoms. The van der Waals surface area contributed by atoms with Gasteiger partial charge in [0.15, 0.2) is 49.9 Å². The molecule has 0 N–H and O–H groups in total. The number of epoxide rings is 3. The molecule has 9 aliphatic rings. The first-order chi connectivity index (χ1) is 30.9. The van der Waals surface area contributed by atoms with Crippen LogP contribution in [0.25, 0.3) is 0 Å². The van der Waals surface area contributed by atoms with E-state index in [0.29, 0.717) is 36.1 Å². The molecule has 6 heterocycles. The Kier molecular flexibility index (Phi) is 14.7. The smallest absolute Gasteiger partial charge is 0.173 e. The lowest BCUT2D eigenvalue weighted by Crippen LogP contribution is -2.73. The van der Waals surface area contributed by atoms with Crippen LogP contribution in [0.2, 0.25) is 115 Å². The van der Waals surface area contributed by atoms with Gasteiger partial charge in [-0.1, -0.05) is 6.92 Å². The molecule has 9 rings (SSSR count). The minimum absolute atomic E-state index is 0.0623. The second kappa shape index (κ2) is 18.7. The first-order valence-corrected chi connectivity index (χ1v) is 46.4. The molecule has 0 spiro atoms. The molecule has 0 amide bonds. The highest BCUT2D eigenvalue weighted by atomic mass is 28.4. The van der Waals surface area contributed by atoms with Crippen molar-refractivity contribution < 1.29 is 40.8 Å². The van der Waals surface area contributed by atoms with Crippen molar-refractivity contribution in [1.82, 2.24) is 0 Å². The summed E-state index contributed by atoms with van der Waals surface area (Å²) in [6.07, 6.45) is 16.8. The normalized spacial score (nSPS) is 46.4. The predicted molar refractivity (Wildman–Crippen MR) is 281 cm³/mol. The van der Waals surface area contributed by atoms with Crippen LogP contribution < -0.4 is 0 Å². The molecule has 3 saturated carbocycles. The molecule has 0 aromatic heterocycles. The highest BCUT2D eigenvalue weighted by Crippen LogP contribution is 2.82. The summed E-state index contributed by atoms with van der Waals surface area (Å²) in [5, 5.41) is 0. The van der Waals surface area contributed by atoms with Crippen LogP contribution >= 0.6 is 0 Å². The Hall–Kier alpha value is 0.941. The van der Waals surface area contributed by atoms with Crippen molar-refractivity contribution in [3.05, 3.63) is 0 Å². The lowest BCUT2D eigenvalue weighted by Gasteiger charge is -2.75. The van der Waals surface area contributed by atoms with Crippen LogP contribution in [0.1, 0.15) is 90.4 Å². The van der Waals surface area contributed by atoms with Gasteiger partial charge in [0.05, 0.1) is 56.4 Å². The zero-order chi connectivity index (χ0) is 47.2. The molecular weight excluding hydrogens is 925 g/mol. The van der Waals surface area contributed by atoms with Crippen LogP contribution in [0.3, 0.4) is 0 Å². The van der Waals surface area contributed by atoms with E-state index >= 15 is 0 Å². The van der Waals surface area contributed by atoms with Gasteiger partial charge in [-0.3, -0.25) is 0 Å². The molecule has 0 aromatic rings. The number of ether oxygens (including phenoxy) is 6. The molecule has 9 fully saturated rings. The lowest BCUT2D eigenvalue weighted by molar-refractivity contribution is -0.280. The second-order valence-electron chi connectivity index (χ2n) is 27.5. The molecule has 0 bridgehead atoms. The van der Waals surface area contributed by atoms with Crippen molar-refractivity contribution >= 4 is 49.9 Å². The van der Waals surface area contributed by atoms with Crippen LogP contribution in [-0.2, 0) is 40.8 Å². The minimum Gasteiger partial charge on any atom is -0.455 e. The standard InChI is InChI=1S/C51H98O9Si6/c1-14-51(48-21-18-42-45(55-42)39(48)36-52-27-15-30-61(2,3)58-64(8,9)33-24-48,49-22-19-43-46(56-43)40(49)37-53-28-16-31-62(4,5)59-65(10,11)34-25-49)50-23-20-44-47(57-44)41(50)38-54-29-17-32-63(6,7)60-66(12,13)35-26-50/h39-47H,14-38H2,1-13H3. The van der Waals surface area contributed by atoms with Gasteiger partial charge in [-0.15, -0.1) is 0 Å². The van der Waals surface area contributed by atoms with E-state index in [1.807, 2.05) is 0 Å². The van der Waals surface area contributed by atoms with Crippen molar-refractivity contribution in [2.24, 2.45) is 39.4 Å². The zero-order valence-corrected chi connectivity index (χ0v) is 50.5. The molecule has 3 aliphatic carbocycles. The molecule has 0 aromatic carbocycles. The van der Waals surface area contributed by atoms with Crippen molar-refractivity contribution in [3.8, 4) is 0 Å². The van der Waals surface area contributed by atoms with Gasteiger partial charge in [0.25, 0.3) is 0 Å². The molecule has 9 nitrogen and oxygen atoms in total. The van der Waals surface area contributed by atoms with Crippen LogP contribution in [0.4, 0.5) is 0 Å². The fraction of sp³-hybridized carbons (Fsp3) is 1.00. The van der Waals surface area contributed by atoms with Crippen molar-refractivity contribution in [2.45, 2.75) is 242 Å². The van der Waals surface area contributed by atoms with E-state index in [-0.39, 0.29) is 40.0 Å². The highest BCUT2D eigenvalue weighted by Gasteiger charge is 2.80. The Labute approximate surface area is 409 Å². The summed E-state index contributed by atoms with van der Waals surface area (Å²) in [5.41, 5.74) is -0.313. The fourth-order valence-electron chi connectivity index (χ4n) is 17.9. The Morgan fingerprint density at radius 2 is 0.667 bits per heavy atom. The number of hydrogen-bond donors (Lipinski definition) is 0. The number of rotatable bonds is 4. The monoisotopic (exact) mass is 1020 g/mol. The summed E-state index contributed by atoms with van der Waals surface area (Å²) in [6.45, 7) is 38.1. The molecule has 0 radical (unpaired) electrons. The van der Waals surface area contributed by atoms with Crippen molar-refractivity contribution in [3.63, 3.8) is 0 Å². The van der Waals surface area contributed by atoms with Gasteiger partial charge >= 0.3 is 0 Å². The molecule has 380 valence electrons. The van der Waals surface area contributed by atoms with E-state index < -0.39 is 49.9 Å². The van der Waals surface area contributed by atoms with Gasteiger partial charge in [-0.05, 0) is 220 Å². The topological polar surface area (TPSA) is 93.0 Å². The Bertz CT molecular complexity index is 1530. The quantitative estimate of drug-likeness (QED) is 0.202. The largest absolute Gasteiger partial charge is 0.455 e. The fourth-order valence-corrected chi connectivity index (χ4v) is 44.5. The summed E-state index contributed by atoms with van der Waals surface area (Å²) in [4.78, 5) is 0. The van der Waals surface area contributed by atoms with E-state index in [1.165, 1.54) is 74.8 Å². The van der Waals surface area contributed by atoms with Gasteiger partial charge in [0.1, 0.15) is 0 Å². The molecule has 12 unspecified atom stereocenters. The average molecular weight is 1020 g/mol. The molecule has 6 aliphatic heterocycles. The van der Waals surface area contributed by atoms with Crippen LogP contribution in [0.15, 0.2) is 0 Å². The van der Waals surface area contributed by atoms with E-state index in [1.54, 1.807) is 0 Å². The Balaban J connectivity index is 1.33. The van der Waals surface area contributed by atoms with E-state index in [9.17, 15) is 0 Å². The van der Waals surface area contributed by atoms with Crippen LogP contribution in [0, 0.1) is 39.4 Å². The molecule has 15 heteroatoms. The van der Waals surface area contributed by atoms with Crippen molar-refractivity contribution in [2.75, 3.05) is 39.6 Å². The summed E-state index contributed by atoms with van der Waals surface area (Å²) in [5.74, 6) is 0.949. The first kappa shape index (κ1) is 51.8. The van der Waals surface area contributed by atoms with Gasteiger partial charge < -0.3 is 40.8 Å². The third-order valence-electron chi connectivity index (χ3n) is 20.2. The number of hydrogen-bond acceptors (Lipinski definition) is 9. The maximum atomic E-state index is 7.63. The Morgan fingerprint density at radius 3 is 0.939 bits per heavy atom. The minimum atomic E-state index is -2.13. The van der Waals surface area contributed by atoms with Crippen LogP contribution in [-0.4, -0.2) is 126 Å². The van der Waals surface area contributed by atoms with Gasteiger partial charge in [0, 0.05) is 37.6 Å². The van der Waals surface area contributed by atoms with Crippen LogP contribution in [0.5, 0.6) is 0 Å². The lowest BCUT2D eigenvalue weighted by atomic mass is 9.29. The average Bonchev–Trinajstić information content (AvgIpc) is 4.10. The molecule has 6 saturated heterocycles.